The van der Waals surface area contributed by atoms with E-state index >= 15 is 0 Å². The number of likely N-dealkylation sites (N-methyl/N-ethyl adjacent to an activating group) is 1. The number of hydrogen-bond acceptors (Lipinski definition) is 9. The number of aliphatic hydroxyl groups is 4. The predicted octanol–water partition coefficient (Wildman–Crippen LogP) is 5.48. The number of rotatable bonds is 29. The number of allylic oxidation sites excluding steroid dienone is 4. The van der Waals surface area contributed by atoms with Crippen molar-refractivity contribution in [3.8, 4) is 0 Å². The van der Waals surface area contributed by atoms with Gasteiger partial charge >= 0.3 is 0 Å². The van der Waals surface area contributed by atoms with E-state index in [2.05, 4.69) is 31.3 Å². The van der Waals surface area contributed by atoms with Gasteiger partial charge in [-0.15, -0.1) is 0 Å². The zero-order valence-corrected chi connectivity index (χ0v) is 33.0. The van der Waals surface area contributed by atoms with Crippen LogP contribution in [0.15, 0.2) is 48.6 Å². The van der Waals surface area contributed by atoms with Gasteiger partial charge in [0.2, 0.25) is 5.91 Å². The first-order valence-corrected chi connectivity index (χ1v) is 20.7. The molecule has 1 aliphatic rings. The zero-order chi connectivity index (χ0) is 38.1. The largest absolute Gasteiger partial charge is 0.756 e. The van der Waals surface area contributed by atoms with Crippen LogP contribution in [0.3, 0.4) is 0 Å². The van der Waals surface area contributed by atoms with E-state index in [-0.39, 0.29) is 31.3 Å². The Bertz CT molecular complexity index is 1090. The van der Waals surface area contributed by atoms with Crippen LogP contribution in [0.4, 0.5) is 0 Å². The normalized spacial score (nSPS) is 23.1. The second kappa shape index (κ2) is 27.0. The van der Waals surface area contributed by atoms with Crippen molar-refractivity contribution in [3.05, 3.63) is 48.6 Å². The molecule has 296 valence electrons. The van der Waals surface area contributed by atoms with Crippen molar-refractivity contribution in [2.75, 3.05) is 40.9 Å². The van der Waals surface area contributed by atoms with Crippen LogP contribution in [0, 0.1) is 11.8 Å². The number of phosphoric acid groups is 1. The Morgan fingerprint density at radius 2 is 1.55 bits per heavy atom. The van der Waals surface area contributed by atoms with Crippen LogP contribution in [-0.4, -0.2) is 102 Å². The Morgan fingerprint density at radius 1 is 0.882 bits per heavy atom. The minimum Gasteiger partial charge on any atom is -0.756 e. The molecule has 1 fully saturated rings. The van der Waals surface area contributed by atoms with Crippen molar-refractivity contribution in [1.82, 2.24) is 5.32 Å². The van der Waals surface area contributed by atoms with Crippen molar-refractivity contribution in [2.45, 2.75) is 141 Å². The average molecular weight is 743 g/mol. The van der Waals surface area contributed by atoms with E-state index in [0.717, 1.165) is 32.1 Å². The summed E-state index contributed by atoms with van der Waals surface area (Å²) in [7, 11) is 1.04. The fourth-order valence-electron chi connectivity index (χ4n) is 5.90. The summed E-state index contributed by atoms with van der Waals surface area (Å²) in [6.45, 7) is 4.17. The second-order valence-electron chi connectivity index (χ2n) is 14.9. The molecule has 0 radical (unpaired) electrons. The number of carbonyl (C=O) groups is 1. The molecule has 1 aliphatic carbocycles. The molecule has 0 bridgehead atoms. The molecule has 0 saturated heterocycles. The number of amides is 1. The molecule has 5 N–H and O–H groups in total. The summed E-state index contributed by atoms with van der Waals surface area (Å²) in [6.07, 6.45) is 24.3. The van der Waals surface area contributed by atoms with Crippen LogP contribution in [0.5, 0.6) is 0 Å². The fraction of sp³-hybridized carbons (Fsp3) is 0.769. The molecule has 1 saturated carbocycles. The Labute approximate surface area is 308 Å². The molecule has 0 heterocycles. The maximum atomic E-state index is 12.9. The first-order chi connectivity index (χ1) is 24.2. The summed E-state index contributed by atoms with van der Waals surface area (Å²) in [5.41, 5.74) is 0. The maximum Gasteiger partial charge on any atom is 0.268 e. The van der Waals surface area contributed by atoms with Crippen LogP contribution >= 0.6 is 7.82 Å². The molecule has 0 spiro atoms. The molecule has 1 rings (SSSR count). The van der Waals surface area contributed by atoms with Crippen LogP contribution < -0.4 is 10.2 Å². The van der Waals surface area contributed by atoms with Crippen molar-refractivity contribution in [3.63, 3.8) is 0 Å². The van der Waals surface area contributed by atoms with Gasteiger partial charge in [0.1, 0.15) is 13.2 Å². The standard InChI is InChI=1S/C39H71N2O9P/c1-6-8-10-11-12-13-14-15-16-17-19-24-36(43)35(31-50-51(47,48)49-29-28-41(3,4)5)40-39(46)25-21-20-23-33-34(38(45)30-37(33)44)27-26-32(42)22-18-9-7-2/h14-15,19-21,24,26-27,32-38,42-45H,6-13,16-18,22-23,25,28-31H2,1-5H3,(H-,40,46,47,48)/b15-14-,21-20-,24-19+,27-26+/t32-,33+,34-,35+,36-,37+,38-/m1/s1. The molecule has 1 amide bonds. The Kier molecular flexibility index (Phi) is 25.1. The molecule has 11 nitrogen and oxygen atoms in total. The smallest absolute Gasteiger partial charge is 0.268 e. The van der Waals surface area contributed by atoms with Crippen molar-refractivity contribution >= 4 is 13.7 Å². The highest BCUT2D eigenvalue weighted by Crippen LogP contribution is 2.38. The third-order valence-electron chi connectivity index (χ3n) is 9.11. The van der Waals surface area contributed by atoms with Gasteiger partial charge in [-0.3, -0.25) is 9.36 Å². The van der Waals surface area contributed by atoms with E-state index in [0.29, 0.717) is 30.3 Å². The highest BCUT2D eigenvalue weighted by molar-refractivity contribution is 7.45. The van der Waals surface area contributed by atoms with Gasteiger partial charge < -0.3 is 44.2 Å². The molecule has 12 heteroatoms. The van der Waals surface area contributed by atoms with E-state index in [1.165, 1.54) is 38.2 Å². The third-order valence-corrected chi connectivity index (χ3v) is 10.1. The number of nitrogens with zero attached hydrogens (tertiary/aromatic N) is 1. The van der Waals surface area contributed by atoms with Gasteiger partial charge in [0, 0.05) is 18.8 Å². The summed E-state index contributed by atoms with van der Waals surface area (Å²) in [5.74, 6) is -1.03. The minimum absolute atomic E-state index is 0.0484. The first kappa shape index (κ1) is 47.4. The Morgan fingerprint density at radius 3 is 2.25 bits per heavy atom. The van der Waals surface area contributed by atoms with Gasteiger partial charge in [0.25, 0.3) is 7.82 Å². The van der Waals surface area contributed by atoms with Gasteiger partial charge in [0.05, 0.1) is 58.2 Å². The Balaban J connectivity index is 2.76. The van der Waals surface area contributed by atoms with Crippen molar-refractivity contribution in [2.24, 2.45) is 11.8 Å². The topological polar surface area (TPSA) is 169 Å². The number of unbranched alkanes of at least 4 members (excludes halogenated alkanes) is 8. The average Bonchev–Trinajstić information content (AvgIpc) is 3.33. The highest BCUT2D eigenvalue weighted by Gasteiger charge is 2.39. The lowest BCUT2D eigenvalue weighted by molar-refractivity contribution is -0.870. The number of phosphoric ester groups is 1. The highest BCUT2D eigenvalue weighted by atomic mass is 31.2. The van der Waals surface area contributed by atoms with E-state index in [1.54, 1.807) is 30.4 Å². The van der Waals surface area contributed by atoms with Gasteiger partial charge in [0.15, 0.2) is 0 Å². The summed E-state index contributed by atoms with van der Waals surface area (Å²) in [4.78, 5) is 25.3. The van der Waals surface area contributed by atoms with Crippen molar-refractivity contribution < 1.29 is 48.2 Å². The molecule has 1 unspecified atom stereocenters. The fourth-order valence-corrected chi connectivity index (χ4v) is 6.62. The molecule has 0 aliphatic heterocycles. The minimum atomic E-state index is -4.68. The molecule has 51 heavy (non-hydrogen) atoms. The lowest BCUT2D eigenvalue weighted by atomic mass is 9.89. The molecule has 8 atom stereocenters. The quantitative estimate of drug-likeness (QED) is 0.0288. The number of quaternary nitrogens is 1. The lowest BCUT2D eigenvalue weighted by Crippen LogP contribution is -2.45. The number of aliphatic hydroxyl groups excluding tert-OH is 4. The summed E-state index contributed by atoms with van der Waals surface area (Å²) in [6, 6.07) is -1.05. The SMILES string of the molecule is CCCCCCC/C=C\CC/C=C/[C@@H](O)[C@H](COP(=O)([O-])OCC[N+](C)(C)C)NC(=O)C/C=C\C[C@H]1[C@@H](/C=C/[C@H](O)CCCCC)[C@H](O)C[C@@H]1O. The summed E-state index contributed by atoms with van der Waals surface area (Å²) in [5, 5.41) is 45.0. The first-order valence-electron chi connectivity index (χ1n) is 19.3. The van der Waals surface area contributed by atoms with Crippen molar-refractivity contribution in [1.29, 1.82) is 0 Å². The van der Waals surface area contributed by atoms with Crippen LogP contribution in [0.2, 0.25) is 0 Å². The molecular formula is C39H71N2O9P. The monoisotopic (exact) mass is 742 g/mol. The van der Waals surface area contributed by atoms with Crippen LogP contribution in [-0.2, 0) is 18.4 Å². The lowest BCUT2D eigenvalue weighted by Gasteiger charge is -2.29. The molecular weight excluding hydrogens is 671 g/mol. The van der Waals surface area contributed by atoms with Gasteiger partial charge in [-0.2, -0.15) is 0 Å². The van der Waals surface area contributed by atoms with E-state index in [1.807, 2.05) is 21.1 Å². The van der Waals surface area contributed by atoms with Crippen LogP contribution in [0.25, 0.3) is 0 Å². The number of carbonyl (C=O) groups excluding carboxylic acids is 1. The maximum absolute atomic E-state index is 12.9. The van der Waals surface area contributed by atoms with Gasteiger partial charge in [-0.25, -0.2) is 0 Å². The van der Waals surface area contributed by atoms with Crippen LogP contribution in [0.1, 0.15) is 110 Å². The summed E-state index contributed by atoms with van der Waals surface area (Å²) >= 11 is 0. The summed E-state index contributed by atoms with van der Waals surface area (Å²) < 4.78 is 23.0. The van der Waals surface area contributed by atoms with E-state index in [4.69, 9.17) is 9.05 Å². The third kappa shape index (κ3) is 23.6. The predicted molar refractivity (Wildman–Crippen MR) is 203 cm³/mol. The van der Waals surface area contributed by atoms with E-state index in [9.17, 15) is 34.7 Å². The zero-order valence-electron chi connectivity index (χ0n) is 32.1. The number of nitrogens with one attached hydrogen (secondary N) is 1. The second-order valence-corrected chi connectivity index (χ2v) is 16.3. The molecule has 0 aromatic rings. The Hall–Kier alpha value is -1.66. The number of hydrogen-bond donors (Lipinski definition) is 5. The van der Waals surface area contributed by atoms with Gasteiger partial charge in [-0.05, 0) is 44.4 Å². The van der Waals surface area contributed by atoms with E-state index < -0.39 is 50.8 Å². The molecule has 0 aromatic heterocycles. The molecule has 0 aromatic carbocycles. The van der Waals surface area contributed by atoms with Gasteiger partial charge in [-0.1, -0.05) is 107 Å².